The SMILES string of the molecule is CSc1cccc(NC2CCCC2CO)c1C#N. The highest BCUT2D eigenvalue weighted by Gasteiger charge is 2.27. The lowest BCUT2D eigenvalue weighted by molar-refractivity contribution is 0.222. The quantitative estimate of drug-likeness (QED) is 0.819. The Kier molecular flexibility index (Phi) is 4.51. The summed E-state index contributed by atoms with van der Waals surface area (Å²) in [7, 11) is 0. The number of benzene rings is 1. The first kappa shape index (κ1) is 13.3. The summed E-state index contributed by atoms with van der Waals surface area (Å²) in [6.07, 6.45) is 5.26. The van der Waals surface area contributed by atoms with Crippen LogP contribution in [0.25, 0.3) is 0 Å². The maximum atomic E-state index is 9.33. The van der Waals surface area contributed by atoms with E-state index in [2.05, 4.69) is 11.4 Å². The summed E-state index contributed by atoms with van der Waals surface area (Å²) < 4.78 is 0. The van der Waals surface area contributed by atoms with Crippen molar-refractivity contribution in [2.24, 2.45) is 5.92 Å². The zero-order chi connectivity index (χ0) is 13.0. The van der Waals surface area contributed by atoms with Gasteiger partial charge in [-0.15, -0.1) is 11.8 Å². The van der Waals surface area contributed by atoms with Gasteiger partial charge in [0.25, 0.3) is 0 Å². The third-order valence-corrected chi connectivity index (χ3v) is 4.37. The molecule has 1 fully saturated rings. The summed E-state index contributed by atoms with van der Waals surface area (Å²) in [6, 6.07) is 8.45. The smallest absolute Gasteiger partial charge is 0.102 e. The van der Waals surface area contributed by atoms with Crippen LogP contribution in [0.5, 0.6) is 0 Å². The van der Waals surface area contributed by atoms with Gasteiger partial charge in [-0.1, -0.05) is 12.5 Å². The first-order valence-electron chi connectivity index (χ1n) is 6.24. The number of anilines is 1. The Morgan fingerprint density at radius 2 is 2.33 bits per heavy atom. The lowest BCUT2D eigenvalue weighted by atomic mass is 10.0. The number of nitrogens with zero attached hydrogens (tertiary/aromatic N) is 1. The number of aliphatic hydroxyl groups excluding tert-OH is 1. The molecule has 18 heavy (non-hydrogen) atoms. The first-order chi connectivity index (χ1) is 8.80. The molecule has 1 aliphatic rings. The van der Waals surface area contributed by atoms with Crippen LogP contribution < -0.4 is 5.32 Å². The molecule has 1 aliphatic carbocycles. The third-order valence-electron chi connectivity index (χ3n) is 3.59. The summed E-state index contributed by atoms with van der Waals surface area (Å²) >= 11 is 1.59. The van der Waals surface area contributed by atoms with Crippen molar-refractivity contribution in [1.82, 2.24) is 0 Å². The number of rotatable bonds is 4. The van der Waals surface area contributed by atoms with Crippen molar-refractivity contribution < 1.29 is 5.11 Å². The van der Waals surface area contributed by atoms with E-state index in [4.69, 9.17) is 0 Å². The van der Waals surface area contributed by atoms with Crippen LogP contribution in [0.4, 0.5) is 5.69 Å². The molecule has 2 atom stereocenters. The maximum absolute atomic E-state index is 9.33. The predicted octanol–water partition coefficient (Wildman–Crippen LogP) is 2.85. The van der Waals surface area contributed by atoms with Crippen molar-refractivity contribution in [3.63, 3.8) is 0 Å². The van der Waals surface area contributed by atoms with E-state index >= 15 is 0 Å². The van der Waals surface area contributed by atoms with Crippen molar-refractivity contribution in [3.8, 4) is 6.07 Å². The van der Waals surface area contributed by atoms with Crippen LogP contribution >= 0.6 is 11.8 Å². The molecule has 1 saturated carbocycles. The van der Waals surface area contributed by atoms with Gasteiger partial charge in [-0.05, 0) is 31.2 Å². The molecular formula is C14H18N2OS. The Morgan fingerprint density at radius 1 is 1.50 bits per heavy atom. The normalized spacial score (nSPS) is 22.7. The second-order valence-electron chi connectivity index (χ2n) is 4.62. The second-order valence-corrected chi connectivity index (χ2v) is 5.47. The van der Waals surface area contributed by atoms with Crippen molar-refractivity contribution in [1.29, 1.82) is 5.26 Å². The Labute approximate surface area is 112 Å². The highest BCUT2D eigenvalue weighted by molar-refractivity contribution is 7.98. The molecule has 96 valence electrons. The summed E-state index contributed by atoms with van der Waals surface area (Å²) in [6.45, 7) is 0.224. The van der Waals surface area contributed by atoms with Crippen molar-refractivity contribution >= 4 is 17.4 Å². The maximum Gasteiger partial charge on any atom is 0.102 e. The van der Waals surface area contributed by atoms with E-state index < -0.39 is 0 Å². The van der Waals surface area contributed by atoms with Gasteiger partial charge in [0.2, 0.25) is 0 Å². The minimum Gasteiger partial charge on any atom is -0.396 e. The van der Waals surface area contributed by atoms with Crippen molar-refractivity contribution in [2.45, 2.75) is 30.2 Å². The molecule has 0 saturated heterocycles. The molecule has 0 bridgehead atoms. The number of thioether (sulfide) groups is 1. The minimum absolute atomic E-state index is 0.224. The monoisotopic (exact) mass is 262 g/mol. The highest BCUT2D eigenvalue weighted by atomic mass is 32.2. The van der Waals surface area contributed by atoms with Crippen LogP contribution in [0, 0.1) is 17.2 Å². The molecule has 1 aromatic rings. The fourth-order valence-electron chi connectivity index (χ4n) is 2.58. The molecule has 0 radical (unpaired) electrons. The number of aliphatic hydroxyl groups is 1. The van der Waals surface area contributed by atoms with Gasteiger partial charge in [-0.3, -0.25) is 0 Å². The van der Waals surface area contributed by atoms with Gasteiger partial charge in [0.15, 0.2) is 0 Å². The fourth-order valence-corrected chi connectivity index (χ4v) is 3.16. The van der Waals surface area contributed by atoms with E-state index in [1.165, 1.54) is 0 Å². The Morgan fingerprint density at radius 3 is 3.00 bits per heavy atom. The fraction of sp³-hybridized carbons (Fsp3) is 0.500. The molecule has 0 aliphatic heterocycles. The van der Waals surface area contributed by atoms with Gasteiger partial charge < -0.3 is 10.4 Å². The molecule has 0 spiro atoms. The summed E-state index contributed by atoms with van der Waals surface area (Å²) in [5, 5.41) is 22.0. The Balaban J connectivity index is 2.21. The first-order valence-corrected chi connectivity index (χ1v) is 7.47. The molecule has 3 nitrogen and oxygen atoms in total. The van der Waals surface area contributed by atoms with Crippen LogP contribution in [0.2, 0.25) is 0 Å². The largest absolute Gasteiger partial charge is 0.396 e. The molecule has 2 N–H and O–H groups in total. The number of hydrogen-bond acceptors (Lipinski definition) is 4. The molecule has 1 aromatic carbocycles. The summed E-state index contributed by atoms with van der Waals surface area (Å²) in [4.78, 5) is 1.00. The van der Waals surface area contributed by atoms with Crippen LogP contribution in [-0.2, 0) is 0 Å². The zero-order valence-electron chi connectivity index (χ0n) is 10.5. The van der Waals surface area contributed by atoms with Crippen LogP contribution in [0.1, 0.15) is 24.8 Å². The molecule has 0 aromatic heterocycles. The number of nitriles is 1. The summed E-state index contributed by atoms with van der Waals surface area (Å²) in [5.41, 5.74) is 1.61. The van der Waals surface area contributed by atoms with Gasteiger partial charge in [-0.25, -0.2) is 0 Å². The molecular weight excluding hydrogens is 244 g/mol. The van der Waals surface area contributed by atoms with Crippen molar-refractivity contribution in [2.75, 3.05) is 18.2 Å². The molecule has 0 heterocycles. The average molecular weight is 262 g/mol. The standard InChI is InChI=1S/C14H18N2OS/c1-18-14-7-3-6-13(11(14)8-15)16-12-5-2-4-10(12)9-17/h3,6-7,10,12,16-17H,2,4-5,9H2,1H3. The van der Waals surface area contributed by atoms with E-state index in [1.54, 1.807) is 11.8 Å². The average Bonchev–Trinajstić information content (AvgIpc) is 2.85. The highest BCUT2D eigenvalue weighted by Crippen LogP contribution is 2.31. The van der Waals surface area contributed by atoms with Gasteiger partial charge in [0.1, 0.15) is 6.07 Å². The van der Waals surface area contributed by atoms with Crippen LogP contribution in [-0.4, -0.2) is 24.0 Å². The molecule has 2 rings (SSSR count). The Hall–Kier alpha value is -1.18. The molecule has 4 heteroatoms. The predicted molar refractivity (Wildman–Crippen MR) is 74.8 cm³/mol. The van der Waals surface area contributed by atoms with E-state index in [-0.39, 0.29) is 6.61 Å². The van der Waals surface area contributed by atoms with Crippen molar-refractivity contribution in [3.05, 3.63) is 23.8 Å². The van der Waals surface area contributed by atoms with E-state index in [1.807, 2.05) is 24.5 Å². The van der Waals surface area contributed by atoms with Crippen LogP contribution in [0.15, 0.2) is 23.1 Å². The van der Waals surface area contributed by atoms with Gasteiger partial charge in [-0.2, -0.15) is 5.26 Å². The molecule has 0 amide bonds. The second kappa shape index (κ2) is 6.12. The minimum atomic E-state index is 0.224. The van der Waals surface area contributed by atoms with E-state index in [9.17, 15) is 10.4 Å². The summed E-state index contributed by atoms with van der Waals surface area (Å²) in [5.74, 6) is 0.314. The third kappa shape index (κ3) is 2.63. The zero-order valence-corrected chi connectivity index (χ0v) is 11.3. The van der Waals surface area contributed by atoms with E-state index in [0.717, 1.165) is 29.8 Å². The number of hydrogen-bond donors (Lipinski definition) is 2. The lowest BCUT2D eigenvalue weighted by Crippen LogP contribution is -2.26. The Bertz CT molecular complexity index is 456. The van der Waals surface area contributed by atoms with Crippen LogP contribution in [0.3, 0.4) is 0 Å². The van der Waals surface area contributed by atoms with Gasteiger partial charge in [0.05, 0.1) is 11.3 Å². The van der Waals surface area contributed by atoms with Gasteiger partial charge >= 0.3 is 0 Å². The topological polar surface area (TPSA) is 56.0 Å². The van der Waals surface area contributed by atoms with E-state index in [0.29, 0.717) is 17.5 Å². The lowest BCUT2D eigenvalue weighted by Gasteiger charge is -2.21. The molecule has 2 unspecified atom stereocenters. The van der Waals surface area contributed by atoms with Gasteiger partial charge in [0, 0.05) is 23.5 Å². The number of nitrogens with one attached hydrogen (secondary N) is 1.